The summed E-state index contributed by atoms with van der Waals surface area (Å²) in [5, 5.41) is 6.83. The van der Waals surface area contributed by atoms with Crippen molar-refractivity contribution in [3.8, 4) is 0 Å². The van der Waals surface area contributed by atoms with E-state index in [0.717, 1.165) is 76.0 Å². The molecule has 0 spiro atoms. The molecule has 0 aliphatic heterocycles. The summed E-state index contributed by atoms with van der Waals surface area (Å²) < 4.78 is 0. The fourth-order valence-corrected chi connectivity index (χ4v) is 7.24. The number of carbonyl (C=O) groups is 2. The number of nitrogens with one attached hydrogen (secondary N) is 2. The topological polar surface area (TPSA) is 58.2 Å². The first kappa shape index (κ1) is 18.9. The first-order valence-corrected chi connectivity index (χ1v) is 12.2. The molecule has 7 aliphatic rings. The largest absolute Gasteiger partial charge is 0.353 e. The molecule has 0 unspecified atom stereocenters. The van der Waals surface area contributed by atoms with Gasteiger partial charge in [0.25, 0.3) is 0 Å². The highest BCUT2D eigenvalue weighted by Gasteiger charge is 2.47. The van der Waals surface area contributed by atoms with E-state index in [1.54, 1.807) is 0 Å². The van der Waals surface area contributed by atoms with E-state index >= 15 is 0 Å². The molecular weight excluding hydrogens is 348 g/mol. The number of fused-ring (bicyclic) bond motifs is 6. The van der Waals surface area contributed by atoms with Crippen LogP contribution in [0.25, 0.3) is 0 Å². The molecule has 0 heterocycles. The number of rotatable bonds is 4. The van der Waals surface area contributed by atoms with E-state index in [1.165, 1.54) is 38.5 Å². The Morgan fingerprint density at radius 3 is 1.07 bits per heavy atom. The van der Waals surface area contributed by atoms with E-state index < -0.39 is 0 Å². The van der Waals surface area contributed by atoms with Gasteiger partial charge in [-0.15, -0.1) is 0 Å². The normalized spacial score (nSPS) is 44.9. The summed E-state index contributed by atoms with van der Waals surface area (Å²) in [6.45, 7) is 0. The summed E-state index contributed by atoms with van der Waals surface area (Å²) in [6.07, 6.45) is 18.3. The minimum absolute atomic E-state index is 0.0429. The Morgan fingerprint density at radius 1 is 0.500 bits per heavy atom. The SMILES string of the molecule is O=C(NC1CCC(NC(=O)C23CCC(CC2)CC3)CC1)C12CCC(CC1)CC2. The summed E-state index contributed by atoms with van der Waals surface area (Å²) >= 11 is 0. The van der Waals surface area contributed by atoms with E-state index in [2.05, 4.69) is 10.6 Å². The maximum Gasteiger partial charge on any atom is 0.226 e. The van der Waals surface area contributed by atoms with Crippen LogP contribution in [0.3, 0.4) is 0 Å². The Labute approximate surface area is 170 Å². The molecule has 0 atom stereocenters. The van der Waals surface area contributed by atoms with Gasteiger partial charge in [0, 0.05) is 22.9 Å². The third-order valence-corrected chi connectivity index (χ3v) is 9.55. The Bertz CT molecular complexity index is 525. The molecular formula is C24H38N2O2. The van der Waals surface area contributed by atoms with Crippen LogP contribution < -0.4 is 10.6 Å². The number of amides is 2. The molecule has 7 rings (SSSR count). The van der Waals surface area contributed by atoms with Gasteiger partial charge in [0.05, 0.1) is 0 Å². The van der Waals surface area contributed by atoms with Crippen LogP contribution in [0.1, 0.15) is 103 Å². The Hall–Kier alpha value is -1.06. The Balaban J connectivity index is 1.10. The van der Waals surface area contributed by atoms with Crippen LogP contribution >= 0.6 is 0 Å². The van der Waals surface area contributed by atoms with Crippen molar-refractivity contribution in [3.05, 3.63) is 0 Å². The van der Waals surface area contributed by atoms with Gasteiger partial charge in [-0.1, -0.05) is 0 Å². The lowest BCUT2D eigenvalue weighted by atomic mass is 9.60. The van der Waals surface area contributed by atoms with E-state index in [0.29, 0.717) is 23.9 Å². The standard InChI is InChI=1S/C24H38N2O2/c27-21(23-11-5-17(6-12-23)7-13-23)25-19-1-2-20(4-3-19)26-22(28)24-14-8-18(9-15-24)10-16-24/h17-20H,1-16H2,(H,25,27)(H,26,28). The summed E-state index contributed by atoms with van der Waals surface area (Å²) in [5.41, 5.74) is -0.0857. The van der Waals surface area contributed by atoms with Gasteiger partial charge in [-0.3, -0.25) is 9.59 Å². The summed E-state index contributed by atoms with van der Waals surface area (Å²) in [5.74, 6) is 2.48. The molecule has 7 aliphatic carbocycles. The van der Waals surface area contributed by atoms with Gasteiger partial charge >= 0.3 is 0 Å². The van der Waals surface area contributed by atoms with Crippen molar-refractivity contribution in [2.75, 3.05) is 0 Å². The smallest absolute Gasteiger partial charge is 0.226 e. The van der Waals surface area contributed by atoms with Gasteiger partial charge < -0.3 is 10.6 Å². The van der Waals surface area contributed by atoms with Crippen LogP contribution in [-0.2, 0) is 9.59 Å². The van der Waals surface area contributed by atoms with E-state index in [4.69, 9.17) is 0 Å². The fourth-order valence-electron chi connectivity index (χ4n) is 7.24. The molecule has 0 aromatic carbocycles. The van der Waals surface area contributed by atoms with Crippen molar-refractivity contribution < 1.29 is 9.59 Å². The highest BCUT2D eigenvalue weighted by atomic mass is 16.2. The predicted octanol–water partition coefficient (Wildman–Crippen LogP) is 4.47. The van der Waals surface area contributed by atoms with Crippen LogP contribution in [-0.4, -0.2) is 23.9 Å². The van der Waals surface area contributed by atoms with Crippen molar-refractivity contribution in [3.63, 3.8) is 0 Å². The quantitative estimate of drug-likeness (QED) is 0.749. The van der Waals surface area contributed by atoms with Crippen molar-refractivity contribution in [2.24, 2.45) is 22.7 Å². The first-order valence-electron chi connectivity index (χ1n) is 12.2. The average molecular weight is 387 g/mol. The van der Waals surface area contributed by atoms with Crippen LogP contribution in [0.15, 0.2) is 0 Å². The van der Waals surface area contributed by atoms with Crippen LogP contribution in [0.4, 0.5) is 0 Å². The second-order valence-corrected chi connectivity index (χ2v) is 11.0. The zero-order valence-corrected chi connectivity index (χ0v) is 17.4. The van der Waals surface area contributed by atoms with Gasteiger partial charge in [0.15, 0.2) is 0 Å². The Morgan fingerprint density at radius 2 is 0.786 bits per heavy atom. The predicted molar refractivity (Wildman–Crippen MR) is 110 cm³/mol. The lowest BCUT2D eigenvalue weighted by molar-refractivity contribution is -0.139. The summed E-state index contributed by atoms with van der Waals surface area (Å²) in [4.78, 5) is 26.0. The molecule has 7 saturated carbocycles. The molecule has 7 fully saturated rings. The molecule has 2 amide bonds. The van der Waals surface area contributed by atoms with E-state index in [1.807, 2.05) is 0 Å². The molecule has 0 aromatic heterocycles. The second-order valence-electron chi connectivity index (χ2n) is 11.0. The molecule has 4 bridgehead atoms. The van der Waals surface area contributed by atoms with Gasteiger partial charge in [0.2, 0.25) is 11.8 Å². The molecule has 28 heavy (non-hydrogen) atoms. The Kier molecular flexibility index (Phi) is 4.95. The molecule has 0 radical (unpaired) electrons. The van der Waals surface area contributed by atoms with Crippen LogP contribution in [0, 0.1) is 22.7 Å². The van der Waals surface area contributed by atoms with Crippen LogP contribution in [0.5, 0.6) is 0 Å². The van der Waals surface area contributed by atoms with Gasteiger partial charge in [-0.05, 0) is 115 Å². The number of carbonyl (C=O) groups excluding carboxylic acids is 2. The highest BCUT2D eigenvalue weighted by molar-refractivity contribution is 5.84. The minimum Gasteiger partial charge on any atom is -0.353 e. The molecule has 2 N–H and O–H groups in total. The van der Waals surface area contributed by atoms with Crippen LogP contribution in [0.2, 0.25) is 0 Å². The molecule has 4 nitrogen and oxygen atoms in total. The molecule has 0 saturated heterocycles. The summed E-state index contributed by atoms with van der Waals surface area (Å²) in [6, 6.07) is 0.635. The van der Waals surface area contributed by atoms with Crippen molar-refractivity contribution >= 4 is 11.8 Å². The third kappa shape index (κ3) is 3.39. The number of hydrogen-bond donors (Lipinski definition) is 2. The highest BCUT2D eigenvalue weighted by Crippen LogP contribution is 2.51. The first-order chi connectivity index (χ1) is 13.6. The van der Waals surface area contributed by atoms with Gasteiger partial charge in [-0.2, -0.15) is 0 Å². The summed E-state index contributed by atoms with van der Waals surface area (Å²) in [7, 11) is 0. The van der Waals surface area contributed by atoms with Gasteiger partial charge in [0.1, 0.15) is 0 Å². The van der Waals surface area contributed by atoms with E-state index in [9.17, 15) is 9.59 Å². The maximum absolute atomic E-state index is 13.0. The zero-order valence-electron chi connectivity index (χ0n) is 17.4. The lowest BCUT2D eigenvalue weighted by Gasteiger charge is -2.46. The minimum atomic E-state index is -0.0429. The van der Waals surface area contributed by atoms with Crippen molar-refractivity contribution in [1.82, 2.24) is 10.6 Å². The van der Waals surface area contributed by atoms with Crippen molar-refractivity contribution in [1.29, 1.82) is 0 Å². The monoisotopic (exact) mass is 386 g/mol. The molecule has 156 valence electrons. The fraction of sp³-hybridized carbons (Fsp3) is 0.917. The molecule has 4 heteroatoms. The number of hydrogen-bond acceptors (Lipinski definition) is 2. The molecule has 0 aromatic rings. The second kappa shape index (κ2) is 7.32. The maximum atomic E-state index is 13.0. The third-order valence-electron chi connectivity index (χ3n) is 9.55. The average Bonchev–Trinajstić information content (AvgIpc) is 2.77. The van der Waals surface area contributed by atoms with E-state index in [-0.39, 0.29) is 10.8 Å². The lowest BCUT2D eigenvalue weighted by Crippen LogP contribution is -2.53. The zero-order chi connectivity index (χ0) is 19.2. The van der Waals surface area contributed by atoms with Gasteiger partial charge in [-0.25, -0.2) is 0 Å². The van der Waals surface area contributed by atoms with Crippen molar-refractivity contribution in [2.45, 2.75) is 115 Å².